The molecule has 0 heterocycles. The maximum absolute atomic E-state index is 2.49. The Labute approximate surface area is 128 Å². The summed E-state index contributed by atoms with van der Waals surface area (Å²) in [7, 11) is 0. The molecule has 0 nitrogen and oxygen atoms in total. The fourth-order valence-corrected chi connectivity index (χ4v) is 4.78. The molecular weight excluding hydrogens is 240 g/mol. The van der Waals surface area contributed by atoms with Crippen molar-refractivity contribution in [1.29, 1.82) is 0 Å². The summed E-state index contributed by atoms with van der Waals surface area (Å²) in [6.45, 7) is 7.27. The van der Waals surface area contributed by atoms with E-state index in [4.69, 9.17) is 0 Å². The van der Waals surface area contributed by atoms with Crippen molar-refractivity contribution in [2.45, 2.75) is 97.8 Å². The van der Waals surface area contributed by atoms with Crippen LogP contribution in [0.5, 0.6) is 0 Å². The van der Waals surface area contributed by atoms with Crippen LogP contribution in [0, 0.1) is 29.6 Å². The van der Waals surface area contributed by atoms with Crippen molar-refractivity contribution in [3.8, 4) is 0 Å². The molecule has 0 aromatic rings. The molecular formula is C20H38. The lowest BCUT2D eigenvalue weighted by atomic mass is 9.70. The van der Waals surface area contributed by atoms with E-state index < -0.39 is 0 Å². The van der Waals surface area contributed by atoms with Gasteiger partial charge in [-0.15, -0.1) is 0 Å². The van der Waals surface area contributed by atoms with E-state index in [0.717, 1.165) is 29.6 Å². The first kappa shape index (κ1) is 16.4. The van der Waals surface area contributed by atoms with Crippen LogP contribution in [0.2, 0.25) is 0 Å². The van der Waals surface area contributed by atoms with Crippen molar-refractivity contribution < 1.29 is 0 Å². The molecule has 0 N–H and O–H groups in total. The zero-order chi connectivity index (χ0) is 14.4. The van der Waals surface area contributed by atoms with E-state index in [2.05, 4.69) is 20.8 Å². The zero-order valence-electron chi connectivity index (χ0n) is 14.4. The highest BCUT2D eigenvalue weighted by Crippen LogP contribution is 2.41. The summed E-state index contributed by atoms with van der Waals surface area (Å²) in [4.78, 5) is 0. The van der Waals surface area contributed by atoms with Crippen molar-refractivity contribution >= 4 is 0 Å². The van der Waals surface area contributed by atoms with Crippen molar-refractivity contribution in [2.75, 3.05) is 0 Å². The Balaban J connectivity index is 1.62. The molecule has 20 heavy (non-hydrogen) atoms. The van der Waals surface area contributed by atoms with Crippen LogP contribution in [0.1, 0.15) is 97.8 Å². The first-order chi connectivity index (χ1) is 9.69. The standard InChI is InChI=1S/C20H38/c1-4-5-6-7-18-10-12-19(13-11-18)15-20-9-8-16(2)17(3)14-20/h16-20H,4-15H2,1-3H3. The van der Waals surface area contributed by atoms with Crippen LogP contribution in [0.4, 0.5) is 0 Å². The quantitative estimate of drug-likeness (QED) is 0.467. The van der Waals surface area contributed by atoms with Crippen LogP contribution in [-0.4, -0.2) is 0 Å². The largest absolute Gasteiger partial charge is 0.0654 e. The van der Waals surface area contributed by atoms with E-state index in [-0.39, 0.29) is 0 Å². The van der Waals surface area contributed by atoms with Gasteiger partial charge in [-0.05, 0) is 42.4 Å². The Bertz CT molecular complexity index is 249. The molecule has 0 spiro atoms. The zero-order valence-corrected chi connectivity index (χ0v) is 14.4. The lowest BCUT2D eigenvalue weighted by molar-refractivity contribution is 0.157. The smallest absolute Gasteiger partial charge is 0.0409 e. The lowest BCUT2D eigenvalue weighted by Crippen LogP contribution is -2.24. The predicted molar refractivity (Wildman–Crippen MR) is 89.9 cm³/mol. The topological polar surface area (TPSA) is 0 Å². The number of hydrogen-bond acceptors (Lipinski definition) is 0. The first-order valence-corrected chi connectivity index (χ1v) is 9.69. The van der Waals surface area contributed by atoms with Crippen molar-refractivity contribution in [1.82, 2.24) is 0 Å². The highest BCUT2D eigenvalue weighted by molar-refractivity contribution is 4.80. The third-order valence-corrected chi connectivity index (χ3v) is 6.56. The van der Waals surface area contributed by atoms with Gasteiger partial charge in [0.05, 0.1) is 0 Å². The molecule has 0 heteroatoms. The summed E-state index contributed by atoms with van der Waals surface area (Å²) >= 11 is 0. The van der Waals surface area contributed by atoms with Gasteiger partial charge in [0, 0.05) is 0 Å². The van der Waals surface area contributed by atoms with E-state index in [1.165, 1.54) is 44.9 Å². The highest BCUT2D eigenvalue weighted by atomic mass is 14.3. The summed E-state index contributed by atoms with van der Waals surface area (Å²) in [6.07, 6.45) is 18.2. The molecule has 2 rings (SSSR count). The Hall–Kier alpha value is 0. The fraction of sp³-hybridized carbons (Fsp3) is 1.00. The summed E-state index contributed by atoms with van der Waals surface area (Å²) in [6, 6.07) is 0. The SMILES string of the molecule is CCCCCC1CCC(CC2CCC(C)C(C)C2)CC1. The van der Waals surface area contributed by atoms with E-state index >= 15 is 0 Å². The summed E-state index contributed by atoms with van der Waals surface area (Å²) in [5.74, 6) is 5.22. The van der Waals surface area contributed by atoms with Crippen LogP contribution in [-0.2, 0) is 0 Å². The molecule has 2 aliphatic rings. The summed E-state index contributed by atoms with van der Waals surface area (Å²) < 4.78 is 0. The Morgan fingerprint density at radius 1 is 0.700 bits per heavy atom. The van der Waals surface area contributed by atoms with Crippen LogP contribution in [0.3, 0.4) is 0 Å². The molecule has 0 aromatic heterocycles. The van der Waals surface area contributed by atoms with Gasteiger partial charge in [-0.1, -0.05) is 85.0 Å². The molecule has 0 saturated heterocycles. The molecule has 3 atom stereocenters. The Morgan fingerprint density at radius 2 is 1.35 bits per heavy atom. The molecule has 0 amide bonds. The maximum Gasteiger partial charge on any atom is -0.0409 e. The number of unbranched alkanes of at least 4 members (excludes halogenated alkanes) is 2. The van der Waals surface area contributed by atoms with E-state index in [9.17, 15) is 0 Å². The van der Waals surface area contributed by atoms with Crippen molar-refractivity contribution in [3.63, 3.8) is 0 Å². The van der Waals surface area contributed by atoms with Gasteiger partial charge in [-0.25, -0.2) is 0 Å². The van der Waals surface area contributed by atoms with Gasteiger partial charge < -0.3 is 0 Å². The van der Waals surface area contributed by atoms with Crippen LogP contribution in [0.25, 0.3) is 0 Å². The van der Waals surface area contributed by atoms with Crippen molar-refractivity contribution in [2.24, 2.45) is 29.6 Å². The van der Waals surface area contributed by atoms with Gasteiger partial charge in [0.15, 0.2) is 0 Å². The van der Waals surface area contributed by atoms with Gasteiger partial charge in [0.25, 0.3) is 0 Å². The monoisotopic (exact) mass is 278 g/mol. The molecule has 2 aliphatic carbocycles. The molecule has 2 fully saturated rings. The molecule has 0 radical (unpaired) electrons. The fourth-order valence-electron chi connectivity index (χ4n) is 4.78. The van der Waals surface area contributed by atoms with E-state index in [1.54, 1.807) is 32.1 Å². The minimum atomic E-state index is 0.985. The minimum Gasteiger partial charge on any atom is -0.0654 e. The van der Waals surface area contributed by atoms with Gasteiger partial charge >= 0.3 is 0 Å². The van der Waals surface area contributed by atoms with E-state index in [0.29, 0.717) is 0 Å². The maximum atomic E-state index is 2.49. The van der Waals surface area contributed by atoms with Crippen LogP contribution >= 0.6 is 0 Å². The molecule has 0 aliphatic heterocycles. The highest BCUT2D eigenvalue weighted by Gasteiger charge is 2.28. The van der Waals surface area contributed by atoms with Crippen LogP contribution in [0.15, 0.2) is 0 Å². The van der Waals surface area contributed by atoms with Gasteiger partial charge in [0.2, 0.25) is 0 Å². The first-order valence-electron chi connectivity index (χ1n) is 9.69. The number of rotatable bonds is 6. The summed E-state index contributed by atoms with van der Waals surface area (Å²) in [5, 5.41) is 0. The normalized spacial score (nSPS) is 38.9. The third kappa shape index (κ3) is 5.08. The number of hydrogen-bond donors (Lipinski definition) is 0. The molecule has 0 aromatic carbocycles. The van der Waals surface area contributed by atoms with Gasteiger partial charge in [-0.3, -0.25) is 0 Å². The second-order valence-corrected chi connectivity index (χ2v) is 8.25. The van der Waals surface area contributed by atoms with Gasteiger partial charge in [0.1, 0.15) is 0 Å². The van der Waals surface area contributed by atoms with E-state index in [1.807, 2.05) is 0 Å². The predicted octanol–water partition coefficient (Wildman–Crippen LogP) is 6.84. The third-order valence-electron chi connectivity index (χ3n) is 6.56. The lowest BCUT2D eigenvalue weighted by Gasteiger charge is -2.36. The molecule has 118 valence electrons. The van der Waals surface area contributed by atoms with Crippen molar-refractivity contribution in [3.05, 3.63) is 0 Å². The minimum absolute atomic E-state index is 0.985. The average Bonchev–Trinajstić information content (AvgIpc) is 2.45. The Morgan fingerprint density at radius 3 is 2.00 bits per heavy atom. The summed E-state index contributed by atoms with van der Waals surface area (Å²) in [5.41, 5.74) is 0. The molecule has 3 unspecified atom stereocenters. The van der Waals surface area contributed by atoms with Gasteiger partial charge in [-0.2, -0.15) is 0 Å². The molecule has 2 saturated carbocycles. The second-order valence-electron chi connectivity index (χ2n) is 8.25. The second kappa shape index (κ2) is 8.44. The van der Waals surface area contributed by atoms with Crippen LogP contribution < -0.4 is 0 Å². The Kier molecular flexibility index (Phi) is 6.91. The molecule has 0 bridgehead atoms. The average molecular weight is 279 g/mol.